The standard InChI is InChI=1S/C16H23ClN2O3S/c17-14-4-6-16(7-5-14)23(20,21)19-10-8-18(9-11-19)13-15-3-1-2-12-22-15/h4-7,15H,1-3,8-13H2/p+1/t15-/m1/s1. The lowest BCUT2D eigenvalue weighted by Gasteiger charge is -2.34. The Bertz CT molecular complexity index is 607. The fraction of sp³-hybridized carbons (Fsp3) is 0.625. The first kappa shape index (κ1) is 17.2. The van der Waals surface area contributed by atoms with Crippen molar-refractivity contribution in [2.45, 2.75) is 30.3 Å². The van der Waals surface area contributed by atoms with Crippen molar-refractivity contribution in [1.29, 1.82) is 0 Å². The van der Waals surface area contributed by atoms with Crippen molar-refractivity contribution in [3.05, 3.63) is 29.3 Å². The summed E-state index contributed by atoms with van der Waals surface area (Å²) in [6.07, 6.45) is 3.89. The van der Waals surface area contributed by atoms with E-state index in [4.69, 9.17) is 16.3 Å². The van der Waals surface area contributed by atoms with Crippen molar-refractivity contribution >= 4 is 21.6 Å². The van der Waals surface area contributed by atoms with E-state index in [0.717, 1.165) is 32.7 Å². The molecule has 5 nitrogen and oxygen atoms in total. The lowest BCUT2D eigenvalue weighted by atomic mass is 10.1. The van der Waals surface area contributed by atoms with E-state index in [1.54, 1.807) is 28.6 Å². The topological polar surface area (TPSA) is 51.0 Å². The number of halogens is 1. The molecule has 2 aliphatic rings. The van der Waals surface area contributed by atoms with Crippen LogP contribution in [-0.4, -0.2) is 58.2 Å². The summed E-state index contributed by atoms with van der Waals surface area (Å²) >= 11 is 5.84. The van der Waals surface area contributed by atoms with Gasteiger partial charge in [-0.05, 0) is 43.5 Å². The largest absolute Gasteiger partial charge is 0.372 e. The Morgan fingerprint density at radius 2 is 1.87 bits per heavy atom. The van der Waals surface area contributed by atoms with Gasteiger partial charge in [-0.25, -0.2) is 8.42 Å². The minimum absolute atomic E-state index is 0.320. The number of quaternary nitrogens is 1. The molecule has 1 atom stereocenters. The van der Waals surface area contributed by atoms with Gasteiger partial charge in [0.25, 0.3) is 0 Å². The molecule has 0 spiro atoms. The lowest BCUT2D eigenvalue weighted by Crippen LogP contribution is -3.15. The average molecular weight is 360 g/mol. The zero-order valence-corrected chi connectivity index (χ0v) is 14.8. The highest BCUT2D eigenvalue weighted by Crippen LogP contribution is 2.18. The predicted molar refractivity (Wildman–Crippen MR) is 89.4 cm³/mol. The Morgan fingerprint density at radius 1 is 1.17 bits per heavy atom. The number of rotatable bonds is 4. The van der Waals surface area contributed by atoms with Crippen molar-refractivity contribution < 1.29 is 18.1 Å². The Labute approximate surface area is 143 Å². The first-order valence-corrected chi connectivity index (χ1v) is 10.1. The van der Waals surface area contributed by atoms with Gasteiger partial charge in [0.1, 0.15) is 12.6 Å². The molecule has 7 heteroatoms. The number of ether oxygens (including phenoxy) is 1. The van der Waals surface area contributed by atoms with Crippen LogP contribution in [0.1, 0.15) is 19.3 Å². The number of hydrogen-bond acceptors (Lipinski definition) is 3. The van der Waals surface area contributed by atoms with Gasteiger partial charge in [-0.15, -0.1) is 0 Å². The van der Waals surface area contributed by atoms with Crippen LogP contribution in [0.3, 0.4) is 0 Å². The summed E-state index contributed by atoms with van der Waals surface area (Å²) < 4.78 is 32.7. The summed E-state index contributed by atoms with van der Waals surface area (Å²) in [4.78, 5) is 1.76. The van der Waals surface area contributed by atoms with Crippen LogP contribution in [0.5, 0.6) is 0 Å². The summed E-state index contributed by atoms with van der Waals surface area (Å²) in [5, 5.41) is 0.547. The highest BCUT2D eigenvalue weighted by Gasteiger charge is 2.31. The number of nitrogens with zero attached hydrogens (tertiary/aromatic N) is 1. The molecule has 1 aromatic carbocycles. The monoisotopic (exact) mass is 359 g/mol. The first-order valence-electron chi connectivity index (χ1n) is 8.26. The minimum Gasteiger partial charge on any atom is -0.372 e. The van der Waals surface area contributed by atoms with Crippen molar-refractivity contribution in [3.8, 4) is 0 Å². The molecular weight excluding hydrogens is 336 g/mol. The molecule has 0 radical (unpaired) electrons. The number of sulfonamides is 1. The van der Waals surface area contributed by atoms with Crippen LogP contribution in [0, 0.1) is 0 Å². The van der Waals surface area contributed by atoms with E-state index >= 15 is 0 Å². The summed E-state index contributed by atoms with van der Waals surface area (Å²) in [7, 11) is -3.41. The predicted octanol–water partition coefficient (Wildman–Crippen LogP) is 0.798. The van der Waals surface area contributed by atoms with Gasteiger partial charge < -0.3 is 9.64 Å². The summed E-state index contributed by atoms with van der Waals surface area (Å²) in [6, 6.07) is 6.40. The Balaban J connectivity index is 1.56. The second kappa shape index (κ2) is 7.49. The van der Waals surface area contributed by atoms with E-state index in [1.165, 1.54) is 17.7 Å². The highest BCUT2D eigenvalue weighted by atomic mass is 35.5. The third kappa shape index (κ3) is 4.25. The Morgan fingerprint density at radius 3 is 2.48 bits per heavy atom. The van der Waals surface area contributed by atoms with Crippen LogP contribution < -0.4 is 4.90 Å². The molecule has 2 saturated heterocycles. The molecule has 2 aliphatic heterocycles. The molecule has 1 aromatic rings. The number of benzene rings is 1. The van der Waals surface area contributed by atoms with Crippen LogP contribution in [0.4, 0.5) is 0 Å². The SMILES string of the molecule is O=S(=O)(c1ccc(Cl)cc1)N1CC[NH+](C[C@H]2CCCCO2)CC1. The van der Waals surface area contributed by atoms with Gasteiger partial charge in [-0.3, -0.25) is 0 Å². The van der Waals surface area contributed by atoms with E-state index in [-0.39, 0.29) is 0 Å². The normalized spacial score (nSPS) is 24.7. The van der Waals surface area contributed by atoms with Gasteiger partial charge in [0.15, 0.2) is 0 Å². The first-order chi connectivity index (χ1) is 11.1. The second-order valence-electron chi connectivity index (χ2n) is 6.30. The number of nitrogens with one attached hydrogen (secondary N) is 1. The average Bonchev–Trinajstić information content (AvgIpc) is 2.57. The highest BCUT2D eigenvalue weighted by molar-refractivity contribution is 7.89. The third-order valence-electron chi connectivity index (χ3n) is 4.67. The van der Waals surface area contributed by atoms with Crippen molar-refractivity contribution in [1.82, 2.24) is 4.31 Å². The molecule has 3 rings (SSSR count). The molecule has 23 heavy (non-hydrogen) atoms. The van der Waals surface area contributed by atoms with Crippen molar-refractivity contribution in [2.75, 3.05) is 39.3 Å². The number of hydrogen-bond donors (Lipinski definition) is 1. The van der Waals surface area contributed by atoms with E-state index < -0.39 is 10.0 Å². The quantitative estimate of drug-likeness (QED) is 0.865. The van der Waals surface area contributed by atoms with Gasteiger partial charge >= 0.3 is 0 Å². The van der Waals surface area contributed by atoms with Crippen LogP contribution in [0.25, 0.3) is 0 Å². The summed E-state index contributed by atoms with van der Waals surface area (Å²) in [5.41, 5.74) is 0. The van der Waals surface area contributed by atoms with Crippen LogP contribution in [0.15, 0.2) is 29.2 Å². The molecule has 0 unspecified atom stereocenters. The van der Waals surface area contributed by atoms with E-state index in [1.807, 2.05) is 0 Å². The maximum atomic E-state index is 12.6. The van der Waals surface area contributed by atoms with E-state index in [0.29, 0.717) is 29.1 Å². The molecule has 0 aliphatic carbocycles. The zero-order valence-electron chi connectivity index (χ0n) is 13.2. The molecule has 0 aromatic heterocycles. The molecule has 0 amide bonds. The molecule has 2 heterocycles. The van der Waals surface area contributed by atoms with Gasteiger partial charge in [0.2, 0.25) is 10.0 Å². The number of piperazine rings is 1. The lowest BCUT2D eigenvalue weighted by molar-refractivity contribution is -0.907. The van der Waals surface area contributed by atoms with Crippen LogP contribution in [-0.2, 0) is 14.8 Å². The fourth-order valence-electron chi connectivity index (χ4n) is 3.29. The zero-order chi connectivity index (χ0) is 16.3. The molecular formula is C16H24ClN2O3S+. The van der Waals surface area contributed by atoms with Crippen molar-refractivity contribution in [3.63, 3.8) is 0 Å². The molecule has 128 valence electrons. The molecule has 2 fully saturated rings. The van der Waals surface area contributed by atoms with E-state index in [9.17, 15) is 8.42 Å². The van der Waals surface area contributed by atoms with Crippen LogP contribution in [0.2, 0.25) is 5.02 Å². The summed E-state index contributed by atoms with van der Waals surface area (Å²) in [5.74, 6) is 0. The summed E-state index contributed by atoms with van der Waals surface area (Å²) in [6.45, 7) is 4.67. The molecule has 0 bridgehead atoms. The van der Waals surface area contributed by atoms with Crippen LogP contribution >= 0.6 is 11.6 Å². The Hall–Kier alpha value is -0.660. The molecule has 1 N–H and O–H groups in total. The maximum absolute atomic E-state index is 12.6. The minimum atomic E-state index is -3.41. The fourth-order valence-corrected chi connectivity index (χ4v) is 4.86. The Kier molecular flexibility index (Phi) is 5.59. The maximum Gasteiger partial charge on any atom is 0.243 e. The van der Waals surface area contributed by atoms with Gasteiger partial charge in [0.05, 0.1) is 31.1 Å². The van der Waals surface area contributed by atoms with Gasteiger partial charge in [0, 0.05) is 11.6 Å². The van der Waals surface area contributed by atoms with Gasteiger partial charge in [-0.2, -0.15) is 4.31 Å². The second-order valence-corrected chi connectivity index (χ2v) is 8.68. The molecule has 0 saturated carbocycles. The smallest absolute Gasteiger partial charge is 0.243 e. The van der Waals surface area contributed by atoms with Gasteiger partial charge in [-0.1, -0.05) is 11.6 Å². The van der Waals surface area contributed by atoms with E-state index in [2.05, 4.69) is 0 Å². The van der Waals surface area contributed by atoms with Crippen molar-refractivity contribution in [2.24, 2.45) is 0 Å². The third-order valence-corrected chi connectivity index (χ3v) is 6.84.